The molecule has 0 aliphatic heterocycles. The predicted octanol–water partition coefficient (Wildman–Crippen LogP) is 0.744. The van der Waals surface area contributed by atoms with Gasteiger partial charge in [0.2, 0.25) is 17.7 Å². The number of alkyl carbamates (subject to hydrolysis) is 1. The second kappa shape index (κ2) is 23.5. The molecule has 2 rings (SSSR count). The van der Waals surface area contributed by atoms with Crippen molar-refractivity contribution in [3.63, 3.8) is 0 Å². The standard InChI is InChI=1S/C38H50N6O12/c1-24(2)21-29(40-38(55)56-23-27-13-9-6-10-14-27)36(53)39-28(15-18-32(48)49)35(52)41-34(25(3)45)37(54)42-44(22-33(50)51)31(47)17-16-30(46)43(4)20-19-26-11-7-5-8-12-26/h5-14,16-17,24-25,28-29,34,45H,15,18-23H2,1-4H3,(H,39,53)(H,40,55)(H,41,52)(H,42,54)(H,48,49)(H,50,51)/b17-16+/t25-,28+,29+,34+/m1/s1. The molecule has 0 aliphatic rings. The van der Waals surface area contributed by atoms with E-state index in [-0.39, 0.29) is 18.9 Å². The molecule has 18 nitrogen and oxygen atoms in total. The number of carbonyl (C=O) groups excluding carboxylic acids is 6. The van der Waals surface area contributed by atoms with Gasteiger partial charge in [-0.25, -0.2) is 9.80 Å². The number of hydrazine groups is 1. The van der Waals surface area contributed by atoms with Crippen LogP contribution in [0.15, 0.2) is 72.8 Å². The van der Waals surface area contributed by atoms with Crippen LogP contribution in [-0.2, 0) is 51.3 Å². The molecule has 0 saturated carbocycles. The van der Waals surface area contributed by atoms with E-state index < -0.39 is 91.2 Å². The number of carboxylic acids is 2. The fourth-order valence-electron chi connectivity index (χ4n) is 5.00. The first kappa shape index (κ1) is 45.9. The summed E-state index contributed by atoms with van der Waals surface area (Å²) in [4.78, 5) is 103. The number of aliphatic carboxylic acids is 2. The number of ether oxygens (including phenoxy) is 1. The van der Waals surface area contributed by atoms with Gasteiger partial charge in [-0.3, -0.25) is 39.0 Å². The smallest absolute Gasteiger partial charge is 0.408 e. The van der Waals surface area contributed by atoms with E-state index in [0.29, 0.717) is 23.5 Å². The van der Waals surface area contributed by atoms with Crippen LogP contribution in [0.5, 0.6) is 0 Å². The van der Waals surface area contributed by atoms with E-state index in [4.69, 9.17) is 4.74 Å². The Bertz CT molecular complexity index is 1690. The van der Waals surface area contributed by atoms with Crippen LogP contribution in [0.2, 0.25) is 0 Å². The number of nitrogens with one attached hydrogen (secondary N) is 4. The summed E-state index contributed by atoms with van der Waals surface area (Å²) in [6.07, 6.45) is -1.42. The molecule has 0 unspecified atom stereocenters. The minimum atomic E-state index is -1.86. The monoisotopic (exact) mass is 782 g/mol. The Hall–Kier alpha value is -6.30. The van der Waals surface area contributed by atoms with Crippen LogP contribution in [0.4, 0.5) is 4.79 Å². The van der Waals surface area contributed by atoms with E-state index in [1.807, 2.05) is 35.8 Å². The molecule has 7 N–H and O–H groups in total. The van der Waals surface area contributed by atoms with Crippen molar-refractivity contribution < 1.29 is 58.4 Å². The zero-order valence-electron chi connectivity index (χ0n) is 31.7. The summed E-state index contributed by atoms with van der Waals surface area (Å²) in [5.41, 5.74) is 3.68. The number of aliphatic hydroxyl groups excluding tert-OH is 1. The van der Waals surface area contributed by atoms with Crippen molar-refractivity contribution >= 4 is 47.6 Å². The molecule has 2 aromatic carbocycles. The van der Waals surface area contributed by atoms with Gasteiger partial charge in [-0.2, -0.15) is 0 Å². The predicted molar refractivity (Wildman–Crippen MR) is 200 cm³/mol. The lowest BCUT2D eigenvalue weighted by atomic mass is 10.0. The summed E-state index contributed by atoms with van der Waals surface area (Å²) in [7, 11) is 1.50. The Kier molecular flexibility index (Phi) is 19.2. The number of benzene rings is 2. The van der Waals surface area contributed by atoms with Gasteiger partial charge >= 0.3 is 18.0 Å². The number of likely N-dealkylation sites (N-methyl/N-ethyl adjacent to an activating group) is 1. The Labute approximate surface area is 324 Å². The molecule has 0 heterocycles. The fourth-order valence-corrected chi connectivity index (χ4v) is 5.00. The molecule has 0 spiro atoms. The van der Waals surface area contributed by atoms with E-state index in [1.54, 1.807) is 44.2 Å². The summed E-state index contributed by atoms with van der Waals surface area (Å²) >= 11 is 0. The summed E-state index contributed by atoms with van der Waals surface area (Å²) in [6, 6.07) is 13.4. The van der Waals surface area contributed by atoms with Crippen molar-refractivity contribution in [3.05, 3.63) is 83.9 Å². The van der Waals surface area contributed by atoms with Gasteiger partial charge in [0.1, 0.15) is 31.3 Å². The third kappa shape index (κ3) is 17.2. The quantitative estimate of drug-likeness (QED) is 0.0684. The third-order valence-electron chi connectivity index (χ3n) is 8.00. The molecular weight excluding hydrogens is 732 g/mol. The maximum Gasteiger partial charge on any atom is 0.408 e. The lowest BCUT2D eigenvalue weighted by molar-refractivity contribution is -0.149. The van der Waals surface area contributed by atoms with Crippen LogP contribution in [0.3, 0.4) is 0 Å². The topological polar surface area (TPSA) is 261 Å². The van der Waals surface area contributed by atoms with E-state index in [0.717, 1.165) is 24.6 Å². The van der Waals surface area contributed by atoms with Crippen molar-refractivity contribution in [1.82, 2.24) is 31.3 Å². The molecular formula is C38H50N6O12. The number of hydrogen-bond acceptors (Lipinski definition) is 10. The minimum absolute atomic E-state index is 0.0917. The second-order valence-corrected chi connectivity index (χ2v) is 13.2. The molecule has 0 aromatic heterocycles. The number of carbonyl (C=O) groups is 8. The molecule has 0 fully saturated rings. The minimum Gasteiger partial charge on any atom is -0.481 e. The van der Waals surface area contributed by atoms with Gasteiger partial charge in [0, 0.05) is 32.2 Å². The first-order valence-electron chi connectivity index (χ1n) is 17.8. The lowest BCUT2D eigenvalue weighted by Gasteiger charge is -2.28. The highest BCUT2D eigenvalue weighted by Gasteiger charge is 2.33. The molecule has 6 amide bonds. The zero-order chi connectivity index (χ0) is 41.8. The zero-order valence-corrected chi connectivity index (χ0v) is 31.7. The average molecular weight is 783 g/mol. The van der Waals surface area contributed by atoms with Crippen LogP contribution >= 0.6 is 0 Å². The normalized spacial score (nSPS) is 13.0. The highest BCUT2D eigenvalue weighted by Crippen LogP contribution is 2.09. The van der Waals surface area contributed by atoms with Gasteiger partial charge in [-0.1, -0.05) is 74.5 Å². The van der Waals surface area contributed by atoms with Crippen LogP contribution < -0.4 is 21.4 Å². The van der Waals surface area contributed by atoms with Crippen LogP contribution in [0, 0.1) is 5.92 Å². The summed E-state index contributed by atoms with van der Waals surface area (Å²) in [5.74, 6) is -7.97. The van der Waals surface area contributed by atoms with Crippen molar-refractivity contribution in [2.75, 3.05) is 20.1 Å². The molecule has 4 atom stereocenters. The van der Waals surface area contributed by atoms with Gasteiger partial charge in [-0.15, -0.1) is 0 Å². The average Bonchev–Trinajstić information content (AvgIpc) is 3.15. The molecule has 2 aromatic rings. The molecule has 56 heavy (non-hydrogen) atoms. The number of aliphatic hydroxyl groups is 1. The van der Waals surface area contributed by atoms with E-state index in [2.05, 4.69) is 16.0 Å². The summed E-state index contributed by atoms with van der Waals surface area (Å²) < 4.78 is 5.21. The largest absolute Gasteiger partial charge is 0.481 e. The lowest BCUT2D eigenvalue weighted by Crippen LogP contribution is -2.61. The highest BCUT2D eigenvalue weighted by molar-refractivity contribution is 5.99. The fraction of sp³-hybridized carbons (Fsp3) is 0.421. The Morgan fingerprint density at radius 2 is 1.30 bits per heavy atom. The van der Waals surface area contributed by atoms with Gasteiger partial charge in [0.15, 0.2) is 0 Å². The number of amides is 6. The van der Waals surface area contributed by atoms with Crippen LogP contribution in [-0.4, -0.2) is 117 Å². The molecule has 18 heteroatoms. The van der Waals surface area contributed by atoms with E-state index in [9.17, 15) is 53.7 Å². The maximum absolute atomic E-state index is 13.5. The molecule has 0 saturated heterocycles. The first-order valence-corrected chi connectivity index (χ1v) is 17.8. The van der Waals surface area contributed by atoms with Gasteiger partial charge in [0.05, 0.1) is 6.10 Å². The second-order valence-electron chi connectivity index (χ2n) is 13.2. The van der Waals surface area contributed by atoms with Crippen LogP contribution in [0.1, 0.15) is 51.2 Å². The Morgan fingerprint density at radius 3 is 1.86 bits per heavy atom. The van der Waals surface area contributed by atoms with Crippen LogP contribution in [0.25, 0.3) is 0 Å². The number of hydrogen-bond donors (Lipinski definition) is 7. The van der Waals surface area contributed by atoms with Gasteiger partial charge in [-0.05, 0) is 43.2 Å². The number of rotatable bonds is 21. The molecule has 0 bridgehead atoms. The maximum atomic E-state index is 13.5. The van der Waals surface area contributed by atoms with Gasteiger partial charge < -0.3 is 40.9 Å². The Morgan fingerprint density at radius 1 is 0.732 bits per heavy atom. The first-order chi connectivity index (χ1) is 26.5. The molecule has 0 radical (unpaired) electrons. The highest BCUT2D eigenvalue weighted by atomic mass is 16.5. The Balaban J connectivity index is 2.16. The molecule has 304 valence electrons. The molecule has 0 aliphatic carbocycles. The van der Waals surface area contributed by atoms with Crippen molar-refractivity contribution in [1.29, 1.82) is 0 Å². The summed E-state index contributed by atoms with van der Waals surface area (Å²) in [6.45, 7) is 3.78. The van der Waals surface area contributed by atoms with Gasteiger partial charge in [0.25, 0.3) is 11.8 Å². The van der Waals surface area contributed by atoms with Crippen molar-refractivity contribution in [2.45, 2.75) is 77.3 Å². The van der Waals surface area contributed by atoms with Crippen molar-refractivity contribution in [3.8, 4) is 0 Å². The number of nitrogens with zero attached hydrogens (tertiary/aromatic N) is 2. The SMILES string of the molecule is CC(C)C[C@H](NC(=O)OCc1ccccc1)C(=O)N[C@@H](CCC(=O)O)C(=O)N[C@H](C(=O)NN(CC(=O)O)C(=O)/C=C/C(=O)N(C)CCc1ccccc1)[C@@H](C)O. The third-order valence-corrected chi connectivity index (χ3v) is 8.00. The summed E-state index contributed by atoms with van der Waals surface area (Å²) in [5, 5.41) is 36.5. The van der Waals surface area contributed by atoms with Crippen molar-refractivity contribution in [2.24, 2.45) is 5.92 Å². The van der Waals surface area contributed by atoms with E-state index >= 15 is 0 Å². The number of carboxylic acid groups (broad SMARTS) is 2. The van der Waals surface area contributed by atoms with E-state index in [1.165, 1.54) is 11.9 Å².